The van der Waals surface area contributed by atoms with Crippen LogP contribution < -0.4 is 0 Å². The molecule has 0 heterocycles. The van der Waals surface area contributed by atoms with E-state index in [0.29, 0.717) is 5.41 Å². The predicted molar refractivity (Wildman–Crippen MR) is 79.3 cm³/mol. The van der Waals surface area contributed by atoms with Crippen LogP contribution in [-0.2, 0) is 0 Å². The molecule has 1 heteroatoms. The van der Waals surface area contributed by atoms with E-state index < -0.39 is 0 Å². The van der Waals surface area contributed by atoms with E-state index >= 15 is 0 Å². The molecule has 0 aliphatic carbocycles. The lowest BCUT2D eigenvalue weighted by atomic mass is 9.72. The summed E-state index contributed by atoms with van der Waals surface area (Å²) in [5, 5.41) is 0. The Bertz CT molecular complexity index is 202. The molecule has 0 aromatic heterocycles. The highest BCUT2D eigenvalue weighted by Gasteiger charge is 2.26. The zero-order chi connectivity index (χ0) is 13.5. The second kappa shape index (κ2) is 7.92. The van der Waals surface area contributed by atoms with E-state index in [0.717, 1.165) is 18.4 Å². The summed E-state index contributed by atoms with van der Waals surface area (Å²) in [6.45, 7) is 17.8. The first-order valence-corrected chi connectivity index (χ1v) is 7.12. The second-order valence-electron chi connectivity index (χ2n) is 6.52. The van der Waals surface area contributed by atoms with Gasteiger partial charge in [0.05, 0.1) is 0 Å². The summed E-state index contributed by atoms with van der Waals surface area (Å²) < 4.78 is 0. The lowest BCUT2D eigenvalue weighted by Gasteiger charge is -2.34. The molecule has 17 heavy (non-hydrogen) atoms. The summed E-state index contributed by atoms with van der Waals surface area (Å²) in [4.78, 5) is 2.35. The maximum absolute atomic E-state index is 3.78. The number of rotatable bonds is 8. The molecule has 2 unspecified atom stereocenters. The maximum Gasteiger partial charge on any atom is 0.0157 e. The van der Waals surface area contributed by atoms with Gasteiger partial charge in [0, 0.05) is 6.54 Å². The van der Waals surface area contributed by atoms with E-state index in [2.05, 4.69) is 53.1 Å². The first-order chi connectivity index (χ1) is 7.82. The zero-order valence-electron chi connectivity index (χ0n) is 12.9. The van der Waals surface area contributed by atoms with Gasteiger partial charge in [-0.3, -0.25) is 0 Å². The largest absolute Gasteiger partial charge is 0.303 e. The van der Waals surface area contributed by atoms with Crippen LogP contribution in [0.15, 0.2) is 12.7 Å². The molecule has 0 aliphatic rings. The monoisotopic (exact) mass is 239 g/mol. The minimum absolute atomic E-state index is 0.438. The van der Waals surface area contributed by atoms with Crippen molar-refractivity contribution < 1.29 is 0 Å². The Labute approximate surface area is 109 Å². The van der Waals surface area contributed by atoms with E-state index in [9.17, 15) is 0 Å². The molecule has 0 N–H and O–H groups in total. The minimum Gasteiger partial charge on any atom is -0.303 e. The zero-order valence-corrected chi connectivity index (χ0v) is 12.9. The standard InChI is InChI=1S/C16H33N/c1-8-12-17(7)13-10-11-15(9-2)14(3)16(4,5)6/h8,14-15H,1,9-13H2,2-7H3. The number of hydrogen-bond acceptors (Lipinski definition) is 1. The van der Waals surface area contributed by atoms with Gasteiger partial charge in [0.15, 0.2) is 0 Å². The van der Waals surface area contributed by atoms with Gasteiger partial charge in [0.1, 0.15) is 0 Å². The van der Waals surface area contributed by atoms with E-state index in [1.807, 2.05) is 6.08 Å². The van der Waals surface area contributed by atoms with E-state index in [4.69, 9.17) is 0 Å². The molecule has 0 saturated carbocycles. The molecule has 0 amide bonds. The number of hydrogen-bond donors (Lipinski definition) is 0. The Balaban J connectivity index is 4.02. The molecule has 2 atom stereocenters. The highest BCUT2D eigenvalue weighted by atomic mass is 15.1. The van der Waals surface area contributed by atoms with Crippen LogP contribution in [0.4, 0.5) is 0 Å². The van der Waals surface area contributed by atoms with Gasteiger partial charge in [-0.15, -0.1) is 6.58 Å². The summed E-state index contributed by atoms with van der Waals surface area (Å²) in [6.07, 6.45) is 5.96. The van der Waals surface area contributed by atoms with Gasteiger partial charge >= 0.3 is 0 Å². The van der Waals surface area contributed by atoms with Crippen molar-refractivity contribution >= 4 is 0 Å². The molecule has 0 aromatic carbocycles. The lowest BCUT2D eigenvalue weighted by molar-refractivity contribution is 0.158. The van der Waals surface area contributed by atoms with Crippen LogP contribution in [0.2, 0.25) is 0 Å². The molecule has 1 nitrogen and oxygen atoms in total. The first kappa shape index (κ1) is 16.7. The van der Waals surface area contributed by atoms with Crippen LogP contribution in [0.3, 0.4) is 0 Å². The molecule has 0 spiro atoms. The Morgan fingerprint density at radius 2 is 1.88 bits per heavy atom. The maximum atomic E-state index is 3.78. The van der Waals surface area contributed by atoms with Crippen LogP contribution in [-0.4, -0.2) is 25.0 Å². The van der Waals surface area contributed by atoms with Gasteiger partial charge in [-0.1, -0.05) is 47.1 Å². The van der Waals surface area contributed by atoms with Crippen molar-refractivity contribution in [1.82, 2.24) is 4.90 Å². The molecular formula is C16H33N. The Morgan fingerprint density at radius 1 is 1.29 bits per heavy atom. The normalized spacial score (nSPS) is 15.9. The first-order valence-electron chi connectivity index (χ1n) is 7.12. The molecule has 102 valence electrons. The Kier molecular flexibility index (Phi) is 7.78. The second-order valence-corrected chi connectivity index (χ2v) is 6.52. The van der Waals surface area contributed by atoms with Crippen molar-refractivity contribution in [2.24, 2.45) is 17.3 Å². The molecule has 0 saturated heterocycles. The topological polar surface area (TPSA) is 3.24 Å². The highest BCUT2D eigenvalue weighted by Crippen LogP contribution is 2.35. The SMILES string of the molecule is C=CCN(C)CCCC(CC)C(C)C(C)(C)C. The lowest BCUT2D eigenvalue weighted by Crippen LogP contribution is -2.26. The van der Waals surface area contributed by atoms with Gasteiger partial charge in [-0.25, -0.2) is 0 Å². The third-order valence-electron chi connectivity index (χ3n) is 4.15. The van der Waals surface area contributed by atoms with Crippen LogP contribution in [0, 0.1) is 17.3 Å². The van der Waals surface area contributed by atoms with Crippen LogP contribution in [0.25, 0.3) is 0 Å². The van der Waals surface area contributed by atoms with E-state index in [1.165, 1.54) is 25.8 Å². The Morgan fingerprint density at radius 3 is 2.29 bits per heavy atom. The molecule has 0 bridgehead atoms. The summed E-state index contributed by atoms with van der Waals surface area (Å²) in [5.74, 6) is 1.67. The summed E-state index contributed by atoms with van der Waals surface area (Å²) in [6, 6.07) is 0. The molecule has 0 radical (unpaired) electrons. The van der Waals surface area contributed by atoms with Gasteiger partial charge in [0.25, 0.3) is 0 Å². The van der Waals surface area contributed by atoms with Crippen molar-refractivity contribution in [3.8, 4) is 0 Å². The highest BCUT2D eigenvalue weighted by molar-refractivity contribution is 4.77. The van der Waals surface area contributed by atoms with E-state index in [1.54, 1.807) is 0 Å². The third-order valence-corrected chi connectivity index (χ3v) is 4.15. The van der Waals surface area contributed by atoms with Crippen LogP contribution in [0.5, 0.6) is 0 Å². The molecule has 0 rings (SSSR count). The predicted octanol–water partition coefficient (Wildman–Crippen LogP) is 4.59. The fourth-order valence-corrected chi connectivity index (χ4v) is 2.45. The quantitative estimate of drug-likeness (QED) is 0.560. The minimum atomic E-state index is 0.438. The van der Waals surface area contributed by atoms with Crippen molar-refractivity contribution in [1.29, 1.82) is 0 Å². The van der Waals surface area contributed by atoms with Gasteiger partial charge in [-0.05, 0) is 43.7 Å². The average Bonchev–Trinajstić information content (AvgIpc) is 2.22. The van der Waals surface area contributed by atoms with Gasteiger partial charge in [-0.2, -0.15) is 0 Å². The molecule has 0 aliphatic heterocycles. The average molecular weight is 239 g/mol. The van der Waals surface area contributed by atoms with Crippen molar-refractivity contribution in [2.75, 3.05) is 20.1 Å². The van der Waals surface area contributed by atoms with Crippen molar-refractivity contribution in [3.63, 3.8) is 0 Å². The van der Waals surface area contributed by atoms with Crippen molar-refractivity contribution in [2.45, 2.75) is 53.9 Å². The van der Waals surface area contributed by atoms with Crippen molar-refractivity contribution in [3.05, 3.63) is 12.7 Å². The fourth-order valence-electron chi connectivity index (χ4n) is 2.45. The third kappa shape index (κ3) is 6.88. The smallest absolute Gasteiger partial charge is 0.0157 e. The number of nitrogens with zero attached hydrogens (tertiary/aromatic N) is 1. The van der Waals surface area contributed by atoms with Gasteiger partial charge < -0.3 is 4.90 Å². The summed E-state index contributed by atoms with van der Waals surface area (Å²) >= 11 is 0. The van der Waals surface area contributed by atoms with Gasteiger partial charge in [0.2, 0.25) is 0 Å². The van der Waals surface area contributed by atoms with E-state index in [-0.39, 0.29) is 0 Å². The fraction of sp³-hybridized carbons (Fsp3) is 0.875. The number of likely N-dealkylation sites (N-methyl/N-ethyl adjacent to an activating group) is 1. The van der Waals surface area contributed by atoms with Crippen LogP contribution in [0.1, 0.15) is 53.9 Å². The van der Waals surface area contributed by atoms with Crippen LogP contribution >= 0.6 is 0 Å². The Hall–Kier alpha value is -0.300. The summed E-state index contributed by atoms with van der Waals surface area (Å²) in [5.41, 5.74) is 0.438. The summed E-state index contributed by atoms with van der Waals surface area (Å²) in [7, 11) is 2.18. The molecule has 0 fully saturated rings. The molecular weight excluding hydrogens is 206 g/mol. The molecule has 0 aromatic rings.